The predicted molar refractivity (Wildman–Crippen MR) is 84.4 cm³/mol. The standard InChI is InChI=1S/C17H29NO2/c1-4-5-6-7-10-18-12-16(19)13-20-17-11-14(2)8-9-15(17)3/h8-9,11,16,18-19H,4-7,10,12-13H2,1-3H3. The van der Waals surface area contributed by atoms with E-state index in [9.17, 15) is 5.11 Å². The number of unbranched alkanes of at least 4 members (excludes halogenated alkanes) is 3. The summed E-state index contributed by atoms with van der Waals surface area (Å²) in [4.78, 5) is 0. The zero-order valence-electron chi connectivity index (χ0n) is 13.1. The number of rotatable bonds is 10. The van der Waals surface area contributed by atoms with Crippen molar-refractivity contribution in [2.24, 2.45) is 0 Å². The molecule has 3 heteroatoms. The van der Waals surface area contributed by atoms with Gasteiger partial charge in [-0.2, -0.15) is 0 Å². The molecule has 2 N–H and O–H groups in total. The van der Waals surface area contributed by atoms with E-state index in [0.29, 0.717) is 13.2 Å². The Hall–Kier alpha value is -1.06. The second-order valence-electron chi connectivity index (χ2n) is 5.50. The van der Waals surface area contributed by atoms with Gasteiger partial charge in [0.05, 0.1) is 0 Å². The Bertz CT molecular complexity index is 379. The molecular weight excluding hydrogens is 250 g/mol. The molecule has 1 aromatic carbocycles. The summed E-state index contributed by atoms with van der Waals surface area (Å²) in [5.74, 6) is 0.868. The van der Waals surface area contributed by atoms with Crippen molar-refractivity contribution in [3.05, 3.63) is 29.3 Å². The van der Waals surface area contributed by atoms with Gasteiger partial charge in [0, 0.05) is 6.54 Å². The van der Waals surface area contributed by atoms with Crippen molar-refractivity contribution >= 4 is 0 Å². The SMILES string of the molecule is CCCCCCNCC(O)COc1cc(C)ccc1C. The second kappa shape index (κ2) is 9.78. The molecule has 0 aliphatic rings. The van der Waals surface area contributed by atoms with Crippen LogP contribution in [0.4, 0.5) is 0 Å². The molecule has 20 heavy (non-hydrogen) atoms. The van der Waals surface area contributed by atoms with Crippen LogP contribution in [0.25, 0.3) is 0 Å². The first-order valence-corrected chi connectivity index (χ1v) is 7.72. The van der Waals surface area contributed by atoms with E-state index in [-0.39, 0.29) is 0 Å². The summed E-state index contributed by atoms with van der Waals surface area (Å²) >= 11 is 0. The highest BCUT2D eigenvalue weighted by atomic mass is 16.5. The van der Waals surface area contributed by atoms with E-state index in [1.54, 1.807) is 0 Å². The van der Waals surface area contributed by atoms with Crippen molar-refractivity contribution in [3.63, 3.8) is 0 Å². The third-order valence-electron chi connectivity index (χ3n) is 3.36. The van der Waals surface area contributed by atoms with E-state index in [1.807, 2.05) is 26.0 Å². The first kappa shape index (κ1) is 17.0. The molecule has 0 bridgehead atoms. The van der Waals surface area contributed by atoms with Gasteiger partial charge in [-0.3, -0.25) is 0 Å². The molecule has 1 aromatic rings. The van der Waals surface area contributed by atoms with Crippen molar-refractivity contribution in [2.45, 2.75) is 52.6 Å². The Morgan fingerprint density at radius 2 is 2.00 bits per heavy atom. The number of benzene rings is 1. The Labute approximate surface area is 123 Å². The summed E-state index contributed by atoms with van der Waals surface area (Å²) in [5.41, 5.74) is 2.28. The molecule has 114 valence electrons. The van der Waals surface area contributed by atoms with Crippen LogP contribution < -0.4 is 10.1 Å². The smallest absolute Gasteiger partial charge is 0.122 e. The molecule has 3 nitrogen and oxygen atoms in total. The second-order valence-corrected chi connectivity index (χ2v) is 5.50. The normalized spacial score (nSPS) is 12.4. The third kappa shape index (κ3) is 6.92. The van der Waals surface area contributed by atoms with Crippen LogP contribution in [0.15, 0.2) is 18.2 Å². The first-order chi connectivity index (χ1) is 9.63. The topological polar surface area (TPSA) is 41.5 Å². The summed E-state index contributed by atoms with van der Waals surface area (Å²) in [6, 6.07) is 6.12. The van der Waals surface area contributed by atoms with Crippen LogP contribution in [0.2, 0.25) is 0 Å². The Morgan fingerprint density at radius 3 is 2.75 bits per heavy atom. The first-order valence-electron chi connectivity index (χ1n) is 7.72. The van der Waals surface area contributed by atoms with Gasteiger partial charge in [-0.05, 0) is 44.0 Å². The van der Waals surface area contributed by atoms with Crippen molar-refractivity contribution in [3.8, 4) is 5.75 Å². The van der Waals surface area contributed by atoms with Crippen LogP contribution in [-0.2, 0) is 0 Å². The molecule has 0 saturated carbocycles. The van der Waals surface area contributed by atoms with Gasteiger partial charge in [0.2, 0.25) is 0 Å². The molecule has 0 heterocycles. The molecule has 1 rings (SSSR count). The van der Waals surface area contributed by atoms with E-state index in [2.05, 4.69) is 18.3 Å². The largest absolute Gasteiger partial charge is 0.491 e. The maximum atomic E-state index is 9.89. The number of hydrogen-bond acceptors (Lipinski definition) is 3. The predicted octanol–water partition coefficient (Wildman–Crippen LogP) is 3.21. The highest BCUT2D eigenvalue weighted by Gasteiger charge is 2.06. The van der Waals surface area contributed by atoms with Crippen molar-refractivity contribution in [1.29, 1.82) is 0 Å². The van der Waals surface area contributed by atoms with Crippen LogP contribution in [0.3, 0.4) is 0 Å². The average Bonchev–Trinajstić information content (AvgIpc) is 2.43. The molecule has 0 amide bonds. The number of hydrogen-bond donors (Lipinski definition) is 2. The zero-order valence-corrected chi connectivity index (χ0v) is 13.1. The number of nitrogens with one attached hydrogen (secondary N) is 1. The molecule has 0 spiro atoms. The van der Waals surface area contributed by atoms with Gasteiger partial charge in [-0.25, -0.2) is 0 Å². The summed E-state index contributed by atoms with van der Waals surface area (Å²) in [7, 11) is 0. The summed E-state index contributed by atoms with van der Waals surface area (Å²) in [6.07, 6.45) is 4.53. The maximum absolute atomic E-state index is 9.89. The summed E-state index contributed by atoms with van der Waals surface area (Å²) < 4.78 is 5.68. The fourth-order valence-electron chi connectivity index (χ4n) is 2.05. The lowest BCUT2D eigenvalue weighted by Gasteiger charge is -2.15. The van der Waals surface area contributed by atoms with Crippen LogP contribution in [0, 0.1) is 13.8 Å². The van der Waals surface area contributed by atoms with E-state index < -0.39 is 6.10 Å². The average molecular weight is 279 g/mol. The highest BCUT2D eigenvalue weighted by molar-refractivity contribution is 5.35. The Morgan fingerprint density at radius 1 is 1.20 bits per heavy atom. The molecule has 0 aliphatic carbocycles. The van der Waals surface area contributed by atoms with Crippen molar-refractivity contribution in [1.82, 2.24) is 5.32 Å². The molecule has 0 saturated heterocycles. The van der Waals surface area contributed by atoms with Crippen LogP contribution in [-0.4, -0.2) is 30.9 Å². The van der Waals surface area contributed by atoms with Gasteiger partial charge in [0.15, 0.2) is 0 Å². The van der Waals surface area contributed by atoms with Crippen molar-refractivity contribution < 1.29 is 9.84 Å². The molecule has 1 unspecified atom stereocenters. The molecule has 0 fully saturated rings. The van der Waals surface area contributed by atoms with Crippen LogP contribution in [0.5, 0.6) is 5.75 Å². The molecule has 0 radical (unpaired) electrons. The minimum Gasteiger partial charge on any atom is -0.491 e. The maximum Gasteiger partial charge on any atom is 0.122 e. The minimum atomic E-state index is -0.457. The quantitative estimate of drug-likeness (QED) is 0.646. The van der Waals surface area contributed by atoms with Gasteiger partial charge >= 0.3 is 0 Å². The number of aliphatic hydroxyl groups excluding tert-OH is 1. The van der Waals surface area contributed by atoms with Gasteiger partial charge in [-0.15, -0.1) is 0 Å². The van der Waals surface area contributed by atoms with Crippen LogP contribution >= 0.6 is 0 Å². The van der Waals surface area contributed by atoms with Gasteiger partial charge in [0.1, 0.15) is 18.5 Å². The van der Waals surface area contributed by atoms with Gasteiger partial charge < -0.3 is 15.2 Å². The summed E-state index contributed by atoms with van der Waals surface area (Å²) in [6.45, 7) is 8.18. The van der Waals surface area contributed by atoms with Gasteiger partial charge in [-0.1, -0.05) is 38.3 Å². The number of aryl methyl sites for hydroxylation is 2. The molecule has 0 aliphatic heterocycles. The Kier molecular flexibility index (Phi) is 8.31. The van der Waals surface area contributed by atoms with E-state index in [1.165, 1.54) is 31.2 Å². The zero-order chi connectivity index (χ0) is 14.8. The lowest BCUT2D eigenvalue weighted by molar-refractivity contribution is 0.106. The van der Waals surface area contributed by atoms with Gasteiger partial charge in [0.25, 0.3) is 0 Å². The van der Waals surface area contributed by atoms with Crippen LogP contribution in [0.1, 0.15) is 43.7 Å². The Balaban J connectivity index is 2.16. The fourth-order valence-corrected chi connectivity index (χ4v) is 2.05. The van der Waals surface area contributed by atoms with E-state index in [0.717, 1.165) is 17.9 Å². The fraction of sp³-hybridized carbons (Fsp3) is 0.647. The van der Waals surface area contributed by atoms with Crippen molar-refractivity contribution in [2.75, 3.05) is 19.7 Å². The van der Waals surface area contributed by atoms with E-state index >= 15 is 0 Å². The third-order valence-corrected chi connectivity index (χ3v) is 3.36. The summed E-state index contributed by atoms with van der Waals surface area (Å²) in [5, 5.41) is 13.2. The molecular formula is C17H29NO2. The molecule has 1 atom stereocenters. The number of ether oxygens (including phenoxy) is 1. The lowest BCUT2D eigenvalue weighted by Crippen LogP contribution is -2.32. The lowest BCUT2D eigenvalue weighted by atomic mass is 10.1. The minimum absolute atomic E-state index is 0.340. The van der Waals surface area contributed by atoms with E-state index in [4.69, 9.17) is 4.74 Å². The molecule has 0 aromatic heterocycles. The number of aliphatic hydroxyl groups is 1. The highest BCUT2D eigenvalue weighted by Crippen LogP contribution is 2.19. The monoisotopic (exact) mass is 279 g/mol.